The number of hydrogen-bond donors (Lipinski definition) is 1. The molecule has 8 nitrogen and oxygen atoms in total. The summed E-state index contributed by atoms with van der Waals surface area (Å²) in [7, 11) is 0. The van der Waals surface area contributed by atoms with E-state index < -0.39 is 23.6 Å². The van der Waals surface area contributed by atoms with Gasteiger partial charge >= 0.3 is 6.36 Å². The second-order valence-electron chi connectivity index (χ2n) is 7.50. The third-order valence-corrected chi connectivity index (χ3v) is 4.84. The zero-order valence-electron chi connectivity index (χ0n) is 17.8. The molecule has 2 aromatic carbocycles. The highest BCUT2D eigenvalue weighted by atomic mass is 19.4. The molecule has 0 saturated carbocycles. The van der Waals surface area contributed by atoms with Gasteiger partial charge in [-0.15, -0.1) is 13.2 Å². The first-order chi connectivity index (χ1) is 16.6. The molecule has 13 heteroatoms. The summed E-state index contributed by atoms with van der Waals surface area (Å²) in [6.45, 7) is -0.452. The normalized spacial score (nSPS) is 13.8. The van der Waals surface area contributed by atoms with Crippen LogP contribution in [0.15, 0.2) is 61.4 Å². The van der Waals surface area contributed by atoms with Crippen molar-refractivity contribution in [2.45, 2.75) is 25.1 Å². The monoisotopic (exact) mass is 492 g/mol. The second-order valence-corrected chi connectivity index (χ2v) is 7.50. The smallest absolute Gasteiger partial charge is 0.406 e. The van der Waals surface area contributed by atoms with Gasteiger partial charge in [-0.05, 0) is 29.8 Å². The average Bonchev–Trinajstić information content (AvgIpc) is 3.44. The highest BCUT2D eigenvalue weighted by molar-refractivity contribution is 5.66. The van der Waals surface area contributed by atoms with Gasteiger partial charge in [-0.1, -0.05) is 24.3 Å². The van der Waals surface area contributed by atoms with E-state index in [1.807, 2.05) is 0 Å². The predicted molar refractivity (Wildman–Crippen MR) is 112 cm³/mol. The Morgan fingerprint density at radius 1 is 0.943 bits per heavy atom. The van der Waals surface area contributed by atoms with E-state index in [-0.39, 0.29) is 30.2 Å². The maximum absolute atomic E-state index is 14.5. The van der Waals surface area contributed by atoms with Gasteiger partial charge in [0, 0.05) is 11.6 Å². The Kier molecular flexibility index (Phi) is 6.60. The summed E-state index contributed by atoms with van der Waals surface area (Å²) in [6.07, 6.45) is 2.20. The fraction of sp³-hybridized carbons (Fsp3) is 0.182. The van der Waals surface area contributed by atoms with Gasteiger partial charge < -0.3 is 9.84 Å². The molecule has 0 radical (unpaired) electrons. The number of hydrogen-bond acceptors (Lipinski definition) is 6. The Bertz CT molecular complexity index is 1300. The quantitative estimate of drug-likeness (QED) is 0.377. The van der Waals surface area contributed by atoms with Crippen molar-refractivity contribution in [1.29, 1.82) is 0 Å². The molecule has 1 unspecified atom stereocenters. The fourth-order valence-electron chi connectivity index (χ4n) is 3.35. The standard InChI is InChI=1S/C22H17F5N6O2/c23-16-4-7-18(19(24)9-16)21(34,10-32-13-28-12-30-32)11-33-14-29-20(31-33)8-3-15-1-5-17(6-2-15)35-22(25,26)27/h1-9,12-14,34H,10-11H2. The molecule has 0 bridgehead atoms. The van der Waals surface area contributed by atoms with Crippen molar-refractivity contribution < 1.29 is 31.8 Å². The van der Waals surface area contributed by atoms with Crippen molar-refractivity contribution in [3.05, 3.63) is 90.0 Å². The summed E-state index contributed by atoms with van der Waals surface area (Å²) in [5, 5.41) is 19.5. The molecular formula is C22H17F5N6O2. The number of alkyl halides is 3. The van der Waals surface area contributed by atoms with Crippen molar-refractivity contribution in [3.63, 3.8) is 0 Å². The topological polar surface area (TPSA) is 90.9 Å². The first kappa shape index (κ1) is 24.0. The van der Waals surface area contributed by atoms with Crippen LogP contribution < -0.4 is 4.74 Å². The number of rotatable bonds is 8. The van der Waals surface area contributed by atoms with E-state index in [0.29, 0.717) is 11.6 Å². The zero-order valence-corrected chi connectivity index (χ0v) is 17.8. The van der Waals surface area contributed by atoms with Crippen LogP contribution in [0, 0.1) is 11.6 Å². The number of aromatic nitrogens is 6. The van der Waals surface area contributed by atoms with Crippen LogP contribution in [0.1, 0.15) is 17.0 Å². The lowest BCUT2D eigenvalue weighted by Crippen LogP contribution is -2.37. The Hall–Kier alpha value is -4.13. The minimum Gasteiger partial charge on any atom is -0.406 e. The van der Waals surface area contributed by atoms with Crippen LogP contribution in [0.2, 0.25) is 0 Å². The molecule has 2 heterocycles. The van der Waals surface area contributed by atoms with E-state index in [0.717, 1.165) is 12.1 Å². The molecule has 4 rings (SSSR count). The lowest BCUT2D eigenvalue weighted by molar-refractivity contribution is -0.274. The third kappa shape index (κ3) is 6.26. The van der Waals surface area contributed by atoms with Crippen molar-refractivity contribution in [3.8, 4) is 5.75 Å². The van der Waals surface area contributed by atoms with Crippen LogP contribution in [-0.4, -0.2) is 41.0 Å². The van der Waals surface area contributed by atoms with Crippen LogP contribution in [0.4, 0.5) is 22.0 Å². The van der Waals surface area contributed by atoms with Gasteiger partial charge in [0.25, 0.3) is 0 Å². The predicted octanol–water partition coefficient (Wildman–Crippen LogP) is 3.80. The molecule has 0 aliphatic heterocycles. The van der Waals surface area contributed by atoms with Crippen LogP contribution >= 0.6 is 0 Å². The molecular weight excluding hydrogens is 475 g/mol. The maximum Gasteiger partial charge on any atom is 0.573 e. The molecule has 1 atom stereocenters. The van der Waals surface area contributed by atoms with Crippen LogP contribution in [-0.2, 0) is 18.7 Å². The van der Waals surface area contributed by atoms with Gasteiger partial charge in [-0.25, -0.2) is 28.1 Å². The highest BCUT2D eigenvalue weighted by Crippen LogP contribution is 2.28. The molecule has 0 amide bonds. The maximum atomic E-state index is 14.5. The zero-order chi connectivity index (χ0) is 25.1. The molecule has 1 N–H and O–H groups in total. The first-order valence-corrected chi connectivity index (χ1v) is 10.0. The molecule has 4 aromatic rings. The Balaban J connectivity index is 1.52. The van der Waals surface area contributed by atoms with E-state index in [1.165, 1.54) is 58.7 Å². The number of halogens is 5. The summed E-state index contributed by atoms with van der Waals surface area (Å²) in [4.78, 5) is 7.90. The van der Waals surface area contributed by atoms with Crippen LogP contribution in [0.5, 0.6) is 5.75 Å². The molecule has 0 aliphatic rings. The minimum absolute atomic E-state index is 0.164. The summed E-state index contributed by atoms with van der Waals surface area (Å²) < 4.78 is 71.2. The third-order valence-electron chi connectivity index (χ3n) is 4.84. The first-order valence-electron chi connectivity index (χ1n) is 10.0. The van der Waals surface area contributed by atoms with Crippen LogP contribution in [0.25, 0.3) is 12.2 Å². The molecule has 0 spiro atoms. The van der Waals surface area contributed by atoms with E-state index in [4.69, 9.17) is 0 Å². The van der Waals surface area contributed by atoms with Gasteiger partial charge in [0.15, 0.2) is 5.82 Å². The summed E-state index contributed by atoms with van der Waals surface area (Å²) in [5.74, 6) is -1.86. The van der Waals surface area contributed by atoms with Gasteiger partial charge in [0.2, 0.25) is 0 Å². The highest BCUT2D eigenvalue weighted by Gasteiger charge is 2.35. The Labute approximate surface area is 194 Å². The van der Waals surface area contributed by atoms with Gasteiger partial charge in [-0.2, -0.15) is 10.2 Å². The summed E-state index contributed by atoms with van der Waals surface area (Å²) in [5.41, 5.74) is -1.48. The second kappa shape index (κ2) is 9.62. The number of ether oxygens (including phenoxy) is 1. The van der Waals surface area contributed by atoms with Crippen molar-refractivity contribution in [2.24, 2.45) is 0 Å². The lowest BCUT2D eigenvalue weighted by Gasteiger charge is -2.28. The van der Waals surface area contributed by atoms with E-state index in [1.54, 1.807) is 6.08 Å². The molecule has 35 heavy (non-hydrogen) atoms. The lowest BCUT2D eigenvalue weighted by atomic mass is 9.93. The van der Waals surface area contributed by atoms with Gasteiger partial charge in [0.05, 0.1) is 13.1 Å². The van der Waals surface area contributed by atoms with Crippen LogP contribution in [0.3, 0.4) is 0 Å². The van der Waals surface area contributed by atoms with E-state index in [2.05, 4.69) is 24.9 Å². The van der Waals surface area contributed by atoms with Gasteiger partial charge in [-0.3, -0.25) is 0 Å². The molecule has 2 aromatic heterocycles. The molecule has 182 valence electrons. The number of aliphatic hydroxyl groups is 1. The van der Waals surface area contributed by atoms with Gasteiger partial charge in [0.1, 0.15) is 42.0 Å². The number of nitrogens with zero attached hydrogens (tertiary/aromatic N) is 6. The largest absolute Gasteiger partial charge is 0.573 e. The Morgan fingerprint density at radius 2 is 1.69 bits per heavy atom. The molecule has 0 fully saturated rings. The SMILES string of the molecule is OC(Cn1cncn1)(Cn1cnc(C=Cc2ccc(OC(F)(F)F)cc2)n1)c1ccc(F)cc1F. The molecule has 0 aliphatic carbocycles. The van der Waals surface area contributed by atoms with Crippen molar-refractivity contribution >= 4 is 12.2 Å². The summed E-state index contributed by atoms with van der Waals surface area (Å²) >= 11 is 0. The fourth-order valence-corrected chi connectivity index (χ4v) is 3.35. The minimum atomic E-state index is -4.78. The van der Waals surface area contributed by atoms with Crippen molar-refractivity contribution in [2.75, 3.05) is 0 Å². The van der Waals surface area contributed by atoms with Crippen molar-refractivity contribution in [1.82, 2.24) is 29.5 Å². The number of benzene rings is 2. The average molecular weight is 492 g/mol. The molecule has 0 saturated heterocycles. The van der Waals surface area contributed by atoms with E-state index >= 15 is 0 Å². The summed E-state index contributed by atoms with van der Waals surface area (Å²) in [6, 6.07) is 8.02. The Morgan fingerprint density at radius 3 is 2.34 bits per heavy atom. The van der Waals surface area contributed by atoms with E-state index in [9.17, 15) is 27.1 Å².